The quantitative estimate of drug-likeness (QED) is 0.862. The Morgan fingerprint density at radius 1 is 1.00 bits per heavy atom. The van der Waals surface area contributed by atoms with Crippen LogP contribution in [0.5, 0.6) is 0 Å². The number of hydrogen-bond donors (Lipinski definition) is 1. The van der Waals surface area contributed by atoms with E-state index in [1.807, 2.05) is 0 Å². The zero-order chi connectivity index (χ0) is 14.6. The van der Waals surface area contributed by atoms with E-state index in [2.05, 4.69) is 5.32 Å². The van der Waals surface area contributed by atoms with Crippen molar-refractivity contribution in [3.8, 4) is 0 Å². The average Bonchev–Trinajstić information content (AvgIpc) is 2.81. The molecular weight excluding hydrogens is 276 g/mol. The van der Waals surface area contributed by atoms with Crippen LogP contribution in [0.4, 0.5) is 0 Å². The molecule has 0 aromatic rings. The van der Waals surface area contributed by atoms with Crippen molar-refractivity contribution < 1.29 is 13.2 Å². The monoisotopic (exact) mass is 302 g/mol. The summed E-state index contributed by atoms with van der Waals surface area (Å²) in [5.41, 5.74) is 0. The number of amides is 1. The molecule has 1 saturated heterocycles. The molecular formula is C14H26N2O3S. The van der Waals surface area contributed by atoms with E-state index in [-0.39, 0.29) is 11.9 Å². The van der Waals surface area contributed by atoms with Crippen molar-refractivity contribution >= 4 is 15.9 Å². The third-order valence-electron chi connectivity index (χ3n) is 4.38. The van der Waals surface area contributed by atoms with E-state index < -0.39 is 16.1 Å². The molecule has 2 fully saturated rings. The summed E-state index contributed by atoms with van der Waals surface area (Å²) in [5, 5.41) is 3.09. The summed E-state index contributed by atoms with van der Waals surface area (Å²) in [5.74, 6) is -0.0986. The zero-order valence-electron chi connectivity index (χ0n) is 12.3. The minimum absolute atomic E-state index is 0.0986. The first-order valence-electron chi connectivity index (χ1n) is 7.75. The summed E-state index contributed by atoms with van der Waals surface area (Å²) in [6, 6.07) is -0.264. The number of sulfonamides is 1. The van der Waals surface area contributed by atoms with Gasteiger partial charge in [-0.1, -0.05) is 32.1 Å². The number of hydrogen-bond acceptors (Lipinski definition) is 3. The molecule has 0 spiro atoms. The molecule has 1 atom stereocenters. The summed E-state index contributed by atoms with van der Waals surface area (Å²) in [6.07, 6.45) is 10.8. The number of nitrogens with one attached hydrogen (secondary N) is 1. The third kappa shape index (κ3) is 4.19. The predicted octanol–water partition coefficient (Wildman–Crippen LogP) is 1.64. The van der Waals surface area contributed by atoms with Crippen LogP contribution in [-0.4, -0.2) is 43.5 Å². The number of carbonyl (C=O) groups is 1. The van der Waals surface area contributed by atoms with Crippen LogP contribution >= 0.6 is 0 Å². The molecule has 2 aliphatic rings. The zero-order valence-corrected chi connectivity index (χ0v) is 13.1. The normalized spacial score (nSPS) is 26.9. The molecule has 116 valence electrons. The maximum absolute atomic E-state index is 12.4. The Hall–Kier alpha value is -0.620. The van der Waals surface area contributed by atoms with Gasteiger partial charge >= 0.3 is 0 Å². The van der Waals surface area contributed by atoms with Crippen molar-refractivity contribution in [1.82, 2.24) is 9.62 Å². The SMILES string of the molecule is CS(=O)(=O)N1CCCC1C(=O)NC1CCCCCCC1. The molecule has 1 aliphatic carbocycles. The predicted molar refractivity (Wildman–Crippen MR) is 78.8 cm³/mol. The van der Waals surface area contributed by atoms with E-state index in [1.54, 1.807) is 0 Å². The van der Waals surface area contributed by atoms with Crippen molar-refractivity contribution in [1.29, 1.82) is 0 Å². The van der Waals surface area contributed by atoms with Crippen molar-refractivity contribution in [3.63, 3.8) is 0 Å². The molecule has 20 heavy (non-hydrogen) atoms. The van der Waals surface area contributed by atoms with E-state index in [0.29, 0.717) is 13.0 Å². The largest absolute Gasteiger partial charge is 0.352 e. The van der Waals surface area contributed by atoms with Gasteiger partial charge in [0, 0.05) is 12.6 Å². The van der Waals surface area contributed by atoms with Crippen LogP contribution in [0.2, 0.25) is 0 Å². The highest BCUT2D eigenvalue weighted by Gasteiger charge is 2.36. The van der Waals surface area contributed by atoms with Gasteiger partial charge in [-0.2, -0.15) is 4.31 Å². The lowest BCUT2D eigenvalue weighted by Gasteiger charge is -2.26. The summed E-state index contributed by atoms with van der Waals surface area (Å²) >= 11 is 0. The maximum Gasteiger partial charge on any atom is 0.238 e. The highest BCUT2D eigenvalue weighted by Crippen LogP contribution is 2.22. The fraction of sp³-hybridized carbons (Fsp3) is 0.929. The fourth-order valence-corrected chi connectivity index (χ4v) is 4.42. The Kier molecular flexibility index (Phi) is 5.43. The first kappa shape index (κ1) is 15.8. The highest BCUT2D eigenvalue weighted by molar-refractivity contribution is 7.88. The van der Waals surface area contributed by atoms with Crippen molar-refractivity contribution in [2.75, 3.05) is 12.8 Å². The summed E-state index contributed by atoms with van der Waals surface area (Å²) in [6.45, 7) is 0.474. The minimum Gasteiger partial charge on any atom is -0.352 e. The van der Waals surface area contributed by atoms with Gasteiger partial charge in [0.05, 0.1) is 6.26 Å². The summed E-state index contributed by atoms with van der Waals surface area (Å²) in [4.78, 5) is 12.4. The van der Waals surface area contributed by atoms with Gasteiger partial charge in [-0.25, -0.2) is 8.42 Å². The van der Waals surface area contributed by atoms with Gasteiger partial charge < -0.3 is 5.32 Å². The van der Waals surface area contributed by atoms with Gasteiger partial charge in [-0.15, -0.1) is 0 Å². The van der Waals surface area contributed by atoms with E-state index in [0.717, 1.165) is 32.1 Å². The molecule has 1 heterocycles. The fourth-order valence-electron chi connectivity index (χ4n) is 3.30. The van der Waals surface area contributed by atoms with Crippen LogP contribution in [0.1, 0.15) is 57.8 Å². The van der Waals surface area contributed by atoms with Crippen molar-refractivity contribution in [2.45, 2.75) is 69.9 Å². The summed E-state index contributed by atoms with van der Waals surface area (Å²) in [7, 11) is -3.28. The lowest BCUT2D eigenvalue weighted by molar-refractivity contribution is -0.125. The van der Waals surface area contributed by atoms with Gasteiger partial charge in [0.15, 0.2) is 0 Å². The van der Waals surface area contributed by atoms with Crippen LogP contribution in [0, 0.1) is 0 Å². The topological polar surface area (TPSA) is 66.5 Å². The number of rotatable bonds is 3. The Bertz CT molecular complexity index is 428. The van der Waals surface area contributed by atoms with Crippen molar-refractivity contribution in [2.24, 2.45) is 0 Å². The first-order chi connectivity index (χ1) is 9.48. The number of nitrogens with zero attached hydrogens (tertiary/aromatic N) is 1. The smallest absolute Gasteiger partial charge is 0.238 e. The Labute approximate surface area is 122 Å². The van der Waals surface area contributed by atoms with Gasteiger partial charge in [-0.3, -0.25) is 4.79 Å². The Morgan fingerprint density at radius 3 is 2.20 bits per heavy atom. The summed E-state index contributed by atoms with van der Waals surface area (Å²) < 4.78 is 24.7. The lowest BCUT2D eigenvalue weighted by Crippen LogP contribution is -2.48. The standard InChI is InChI=1S/C14H26N2O3S/c1-20(18,19)16-11-7-10-13(16)14(17)15-12-8-5-3-2-4-6-9-12/h12-13H,2-11H2,1H3,(H,15,17). The molecule has 1 N–H and O–H groups in total. The van der Waals surface area contributed by atoms with Gasteiger partial charge in [0.25, 0.3) is 0 Å². The van der Waals surface area contributed by atoms with E-state index in [9.17, 15) is 13.2 Å². The molecule has 0 aromatic carbocycles. The molecule has 1 amide bonds. The molecule has 1 unspecified atom stereocenters. The van der Waals surface area contributed by atoms with Gasteiger partial charge in [0.1, 0.15) is 6.04 Å². The molecule has 2 rings (SSSR count). The van der Waals surface area contributed by atoms with Gasteiger partial charge in [-0.05, 0) is 25.7 Å². The second-order valence-corrected chi connectivity index (χ2v) is 8.02. The van der Waals surface area contributed by atoms with Crippen LogP contribution in [0.25, 0.3) is 0 Å². The molecule has 1 saturated carbocycles. The molecule has 1 aliphatic heterocycles. The number of carbonyl (C=O) groups excluding carboxylic acids is 1. The highest BCUT2D eigenvalue weighted by atomic mass is 32.2. The lowest BCUT2D eigenvalue weighted by atomic mass is 9.96. The van der Waals surface area contributed by atoms with E-state index >= 15 is 0 Å². The first-order valence-corrected chi connectivity index (χ1v) is 9.60. The van der Waals surface area contributed by atoms with Crippen LogP contribution in [-0.2, 0) is 14.8 Å². The van der Waals surface area contributed by atoms with Crippen LogP contribution < -0.4 is 5.32 Å². The second kappa shape index (κ2) is 6.89. The molecule has 0 radical (unpaired) electrons. The molecule has 0 aromatic heterocycles. The van der Waals surface area contributed by atoms with E-state index in [1.165, 1.54) is 29.8 Å². The van der Waals surface area contributed by atoms with Crippen LogP contribution in [0.3, 0.4) is 0 Å². The second-order valence-electron chi connectivity index (χ2n) is 6.08. The molecule has 6 heteroatoms. The van der Waals surface area contributed by atoms with Gasteiger partial charge in [0.2, 0.25) is 15.9 Å². The molecule has 0 bridgehead atoms. The molecule has 5 nitrogen and oxygen atoms in total. The third-order valence-corrected chi connectivity index (χ3v) is 5.67. The van der Waals surface area contributed by atoms with Crippen LogP contribution in [0.15, 0.2) is 0 Å². The maximum atomic E-state index is 12.4. The van der Waals surface area contributed by atoms with Crippen molar-refractivity contribution in [3.05, 3.63) is 0 Å². The average molecular weight is 302 g/mol. The minimum atomic E-state index is -3.28. The Balaban J connectivity index is 1.93. The van der Waals surface area contributed by atoms with E-state index in [4.69, 9.17) is 0 Å². The Morgan fingerprint density at radius 2 is 1.60 bits per heavy atom.